The molecule has 2 aromatic rings. The average molecular weight is 287 g/mol. The molecule has 1 aromatic heterocycles. The van der Waals surface area contributed by atoms with Crippen LogP contribution in [0.5, 0.6) is 0 Å². The largest absolute Gasteiger partial charge is 0.335 e. The molecule has 2 heterocycles. The standard InChI is InChI=1S/C15H17N3OS/c1-17-14(19)12-10-18(8-7-13(12)16-15(17)20)9-11-5-3-2-4-6-11/h2-6H,7-10H2,1H3,(H,16,20). The number of aromatic amines is 1. The number of aromatic nitrogens is 2. The molecule has 1 aliphatic rings. The van der Waals surface area contributed by atoms with Crippen LogP contribution in [0, 0.1) is 4.77 Å². The summed E-state index contributed by atoms with van der Waals surface area (Å²) in [5, 5.41) is 0. The normalized spacial score (nSPS) is 15.1. The summed E-state index contributed by atoms with van der Waals surface area (Å²) in [6.45, 7) is 2.50. The second kappa shape index (κ2) is 5.34. The molecule has 5 heteroatoms. The van der Waals surface area contributed by atoms with Crippen molar-refractivity contribution in [2.45, 2.75) is 19.5 Å². The van der Waals surface area contributed by atoms with Gasteiger partial charge in [0.05, 0.1) is 5.56 Å². The summed E-state index contributed by atoms with van der Waals surface area (Å²) >= 11 is 5.15. The zero-order valence-corrected chi connectivity index (χ0v) is 12.2. The number of hydrogen-bond acceptors (Lipinski definition) is 3. The van der Waals surface area contributed by atoms with Gasteiger partial charge in [0.2, 0.25) is 0 Å². The smallest absolute Gasteiger partial charge is 0.258 e. The van der Waals surface area contributed by atoms with Crippen molar-refractivity contribution in [2.24, 2.45) is 7.05 Å². The van der Waals surface area contributed by atoms with E-state index in [2.05, 4.69) is 22.0 Å². The third kappa shape index (κ3) is 2.46. The van der Waals surface area contributed by atoms with E-state index < -0.39 is 0 Å². The fourth-order valence-electron chi connectivity index (χ4n) is 2.64. The van der Waals surface area contributed by atoms with E-state index in [9.17, 15) is 4.79 Å². The van der Waals surface area contributed by atoms with E-state index in [1.165, 1.54) is 10.1 Å². The van der Waals surface area contributed by atoms with E-state index in [0.29, 0.717) is 11.3 Å². The van der Waals surface area contributed by atoms with Crippen molar-refractivity contribution in [1.29, 1.82) is 0 Å². The minimum Gasteiger partial charge on any atom is -0.335 e. The van der Waals surface area contributed by atoms with Crippen LogP contribution < -0.4 is 5.56 Å². The molecule has 0 unspecified atom stereocenters. The van der Waals surface area contributed by atoms with Crippen molar-refractivity contribution < 1.29 is 0 Å². The van der Waals surface area contributed by atoms with Crippen molar-refractivity contribution in [2.75, 3.05) is 6.54 Å². The number of H-pyrrole nitrogens is 1. The Bertz CT molecular complexity index is 733. The van der Waals surface area contributed by atoms with Crippen LogP contribution in [0.3, 0.4) is 0 Å². The SMILES string of the molecule is Cn1c(=S)[nH]c2c(c1=O)CN(Cc1ccccc1)CC2. The maximum Gasteiger partial charge on any atom is 0.258 e. The van der Waals surface area contributed by atoms with Crippen LogP contribution in [0.4, 0.5) is 0 Å². The van der Waals surface area contributed by atoms with Gasteiger partial charge in [-0.15, -0.1) is 0 Å². The van der Waals surface area contributed by atoms with E-state index >= 15 is 0 Å². The highest BCUT2D eigenvalue weighted by Gasteiger charge is 2.20. The van der Waals surface area contributed by atoms with E-state index in [0.717, 1.165) is 30.8 Å². The fraction of sp³-hybridized carbons (Fsp3) is 0.333. The third-order valence-electron chi connectivity index (χ3n) is 3.80. The van der Waals surface area contributed by atoms with Crippen LogP contribution in [0.25, 0.3) is 0 Å². The number of benzene rings is 1. The maximum absolute atomic E-state index is 12.3. The van der Waals surface area contributed by atoms with Gasteiger partial charge in [-0.25, -0.2) is 0 Å². The number of fused-ring (bicyclic) bond motifs is 1. The molecule has 4 nitrogen and oxygen atoms in total. The number of hydrogen-bond donors (Lipinski definition) is 1. The lowest BCUT2D eigenvalue weighted by atomic mass is 10.1. The van der Waals surface area contributed by atoms with Crippen LogP contribution in [0.2, 0.25) is 0 Å². The lowest BCUT2D eigenvalue weighted by molar-refractivity contribution is 0.240. The number of nitrogens with zero attached hydrogens (tertiary/aromatic N) is 2. The third-order valence-corrected chi connectivity index (χ3v) is 4.17. The van der Waals surface area contributed by atoms with E-state index in [1.54, 1.807) is 7.05 Å². The molecule has 0 aliphatic carbocycles. The molecule has 0 atom stereocenters. The zero-order chi connectivity index (χ0) is 14.1. The summed E-state index contributed by atoms with van der Waals surface area (Å²) in [7, 11) is 1.72. The Morgan fingerprint density at radius 2 is 2.05 bits per heavy atom. The van der Waals surface area contributed by atoms with Crippen LogP contribution in [-0.2, 0) is 26.6 Å². The van der Waals surface area contributed by atoms with Crippen LogP contribution in [0.1, 0.15) is 16.8 Å². The van der Waals surface area contributed by atoms with E-state index in [1.807, 2.05) is 18.2 Å². The van der Waals surface area contributed by atoms with Gasteiger partial charge in [0.25, 0.3) is 5.56 Å². The average Bonchev–Trinajstić information content (AvgIpc) is 2.47. The molecule has 3 rings (SSSR count). The summed E-state index contributed by atoms with van der Waals surface area (Å²) in [5.41, 5.74) is 3.16. The minimum atomic E-state index is 0.0292. The van der Waals surface area contributed by atoms with Gasteiger partial charge in [-0.2, -0.15) is 0 Å². The highest BCUT2D eigenvalue weighted by atomic mass is 32.1. The first kappa shape index (κ1) is 13.3. The van der Waals surface area contributed by atoms with Gasteiger partial charge >= 0.3 is 0 Å². The first-order chi connectivity index (χ1) is 9.65. The Morgan fingerprint density at radius 3 is 2.80 bits per heavy atom. The molecular weight excluding hydrogens is 270 g/mol. The Kier molecular flexibility index (Phi) is 3.54. The summed E-state index contributed by atoms with van der Waals surface area (Å²) in [6.07, 6.45) is 0.849. The summed E-state index contributed by atoms with van der Waals surface area (Å²) in [4.78, 5) is 17.8. The Balaban J connectivity index is 1.87. The van der Waals surface area contributed by atoms with Crippen molar-refractivity contribution in [3.63, 3.8) is 0 Å². The Labute approximate surface area is 122 Å². The second-order valence-electron chi connectivity index (χ2n) is 5.20. The van der Waals surface area contributed by atoms with E-state index in [-0.39, 0.29) is 5.56 Å². The van der Waals surface area contributed by atoms with Crippen molar-refractivity contribution in [3.05, 3.63) is 62.3 Å². The van der Waals surface area contributed by atoms with Gasteiger partial charge in [-0.1, -0.05) is 30.3 Å². The molecule has 0 amide bonds. The molecular formula is C15H17N3OS. The monoisotopic (exact) mass is 287 g/mol. The zero-order valence-electron chi connectivity index (χ0n) is 11.4. The van der Waals surface area contributed by atoms with Crippen LogP contribution >= 0.6 is 12.2 Å². The molecule has 0 fully saturated rings. The molecule has 20 heavy (non-hydrogen) atoms. The van der Waals surface area contributed by atoms with Crippen LogP contribution in [-0.4, -0.2) is 21.0 Å². The predicted molar refractivity (Wildman–Crippen MR) is 81.1 cm³/mol. The number of rotatable bonds is 2. The van der Waals surface area contributed by atoms with Gasteiger partial charge in [0.1, 0.15) is 0 Å². The summed E-state index contributed by atoms with van der Waals surface area (Å²) in [5.74, 6) is 0. The van der Waals surface area contributed by atoms with E-state index in [4.69, 9.17) is 12.2 Å². The number of nitrogens with one attached hydrogen (secondary N) is 1. The van der Waals surface area contributed by atoms with Gasteiger partial charge in [-0.3, -0.25) is 14.3 Å². The molecule has 0 saturated carbocycles. The molecule has 0 radical (unpaired) electrons. The fourth-order valence-corrected chi connectivity index (χ4v) is 2.84. The minimum absolute atomic E-state index is 0.0292. The van der Waals surface area contributed by atoms with Crippen LogP contribution in [0.15, 0.2) is 35.1 Å². The van der Waals surface area contributed by atoms with Gasteiger partial charge in [0.15, 0.2) is 4.77 Å². The lowest BCUT2D eigenvalue weighted by Gasteiger charge is -2.28. The van der Waals surface area contributed by atoms with Gasteiger partial charge < -0.3 is 4.98 Å². The van der Waals surface area contributed by atoms with Gasteiger partial charge in [0, 0.05) is 38.8 Å². The molecule has 0 spiro atoms. The van der Waals surface area contributed by atoms with Gasteiger partial charge in [-0.05, 0) is 17.8 Å². The Hall–Kier alpha value is -1.72. The topological polar surface area (TPSA) is 41.0 Å². The van der Waals surface area contributed by atoms with Crippen molar-refractivity contribution in [1.82, 2.24) is 14.5 Å². The Morgan fingerprint density at radius 1 is 1.30 bits per heavy atom. The quantitative estimate of drug-likeness (QED) is 0.859. The summed E-state index contributed by atoms with van der Waals surface area (Å²) < 4.78 is 2.02. The molecule has 1 aliphatic heterocycles. The maximum atomic E-state index is 12.3. The first-order valence-electron chi connectivity index (χ1n) is 6.72. The second-order valence-corrected chi connectivity index (χ2v) is 5.58. The van der Waals surface area contributed by atoms with Crippen molar-refractivity contribution in [3.8, 4) is 0 Å². The van der Waals surface area contributed by atoms with Crippen molar-refractivity contribution >= 4 is 12.2 Å². The molecule has 1 N–H and O–H groups in total. The first-order valence-corrected chi connectivity index (χ1v) is 7.13. The molecule has 1 aromatic carbocycles. The lowest BCUT2D eigenvalue weighted by Crippen LogP contribution is -2.37. The predicted octanol–water partition coefficient (Wildman–Crippen LogP) is 2.00. The molecule has 104 valence electrons. The molecule has 0 bridgehead atoms. The summed E-state index contributed by atoms with van der Waals surface area (Å²) in [6, 6.07) is 10.3. The molecule has 0 saturated heterocycles. The highest BCUT2D eigenvalue weighted by molar-refractivity contribution is 7.71. The highest BCUT2D eigenvalue weighted by Crippen LogP contribution is 2.16.